The van der Waals surface area contributed by atoms with E-state index in [1.807, 2.05) is 0 Å². The number of anilines is 3. The van der Waals surface area contributed by atoms with E-state index in [-0.39, 0.29) is 97.8 Å². The molecule has 0 bridgehead atoms. The maximum Gasteiger partial charge on any atom is 0.405 e. The van der Waals surface area contributed by atoms with Crippen LogP contribution in [0.4, 0.5) is 39.1 Å². The van der Waals surface area contributed by atoms with Gasteiger partial charge in [-0.1, -0.05) is 6.07 Å². The van der Waals surface area contributed by atoms with Crippen molar-refractivity contribution >= 4 is 52.5 Å². The van der Waals surface area contributed by atoms with E-state index in [1.165, 1.54) is 48.7 Å². The van der Waals surface area contributed by atoms with Gasteiger partial charge in [0.2, 0.25) is 17.7 Å². The van der Waals surface area contributed by atoms with Gasteiger partial charge in [0.05, 0.1) is 48.5 Å². The number of halogens is 5. The molecule has 23 heteroatoms. The molecule has 0 aliphatic carbocycles. The van der Waals surface area contributed by atoms with Crippen LogP contribution in [-0.4, -0.2) is 112 Å². The maximum absolute atomic E-state index is 14.0. The summed E-state index contributed by atoms with van der Waals surface area (Å²) >= 11 is 0. The Morgan fingerprint density at radius 1 is 0.938 bits per heavy atom. The molecule has 0 radical (unpaired) electrons. The van der Waals surface area contributed by atoms with E-state index in [0.29, 0.717) is 23.4 Å². The molecule has 1 atom stereocenters. The lowest BCUT2D eigenvalue weighted by molar-refractivity contribution is -0.136. The molecule has 5 aromatic rings. The summed E-state index contributed by atoms with van der Waals surface area (Å²) in [4.78, 5) is 84.7. The van der Waals surface area contributed by atoms with Crippen LogP contribution in [-0.2, 0) is 19.1 Å². The zero-order chi connectivity index (χ0) is 46.3. The largest absolute Gasteiger partial charge is 0.444 e. The van der Waals surface area contributed by atoms with Crippen LogP contribution in [0.3, 0.4) is 0 Å². The summed E-state index contributed by atoms with van der Waals surface area (Å²) in [6.07, 6.45) is -3.62. The van der Waals surface area contributed by atoms with E-state index in [2.05, 4.69) is 36.3 Å². The van der Waals surface area contributed by atoms with Crippen LogP contribution < -0.4 is 21.3 Å². The zero-order valence-electron chi connectivity index (χ0n) is 34.0. The van der Waals surface area contributed by atoms with E-state index in [1.54, 1.807) is 12.1 Å². The van der Waals surface area contributed by atoms with Gasteiger partial charge in [-0.15, -0.1) is 0 Å². The number of benzene rings is 2. The number of hydrogen-bond acceptors (Lipinski definition) is 14. The first kappa shape index (κ1) is 45.6. The van der Waals surface area contributed by atoms with Crippen molar-refractivity contribution in [1.29, 1.82) is 0 Å². The molecule has 0 saturated carbocycles. The Bertz CT molecular complexity index is 2600. The minimum absolute atomic E-state index is 0.0177. The zero-order valence-corrected chi connectivity index (χ0v) is 34.0. The number of alkyl halides is 5. The quantitative estimate of drug-likeness (QED) is 0.0323. The monoisotopic (exact) mass is 907 g/mol. The number of piperidine rings is 1. The first-order chi connectivity index (χ1) is 31.2. The van der Waals surface area contributed by atoms with Gasteiger partial charge in [-0.05, 0) is 61.4 Å². The summed E-state index contributed by atoms with van der Waals surface area (Å²) in [5.74, 6) is -3.74. The number of ether oxygens (including phenoxy) is 2. The van der Waals surface area contributed by atoms with E-state index in [0.717, 1.165) is 22.0 Å². The van der Waals surface area contributed by atoms with Gasteiger partial charge in [0.1, 0.15) is 24.7 Å². The van der Waals surface area contributed by atoms with Crippen LogP contribution >= 0.6 is 0 Å². The molecule has 1 unspecified atom stereocenters. The lowest BCUT2D eigenvalue weighted by Crippen LogP contribution is -2.54. The van der Waals surface area contributed by atoms with Crippen molar-refractivity contribution in [3.05, 3.63) is 101 Å². The van der Waals surface area contributed by atoms with Crippen LogP contribution in [0.25, 0.3) is 17.1 Å². The van der Waals surface area contributed by atoms with Crippen molar-refractivity contribution < 1.29 is 64.6 Å². The summed E-state index contributed by atoms with van der Waals surface area (Å²) < 4.78 is 83.3. The van der Waals surface area contributed by atoms with Crippen molar-refractivity contribution in [3.63, 3.8) is 0 Å². The molecule has 2 aliphatic rings. The number of oxazole rings is 1. The van der Waals surface area contributed by atoms with Gasteiger partial charge in [0, 0.05) is 49.0 Å². The molecular weight excluding hydrogens is 870 g/mol. The lowest BCUT2D eigenvalue weighted by atomic mass is 10.0. The fourth-order valence-corrected chi connectivity index (χ4v) is 6.85. The molecule has 65 heavy (non-hydrogen) atoms. The van der Waals surface area contributed by atoms with Gasteiger partial charge >= 0.3 is 6.18 Å². The van der Waals surface area contributed by atoms with Crippen LogP contribution in [0.15, 0.2) is 77.7 Å². The number of nitrogens with one attached hydrogen (secondary N) is 4. The Hall–Kier alpha value is -7.40. The number of pyridine rings is 1. The predicted molar refractivity (Wildman–Crippen MR) is 218 cm³/mol. The van der Waals surface area contributed by atoms with Crippen LogP contribution in [0.5, 0.6) is 0 Å². The number of Topliss-reactive ketones (excluding diaryl/α,β-unsaturated/α-hetero) is 1. The highest BCUT2D eigenvalue weighted by molar-refractivity contribution is 6.25. The second-order valence-electron chi connectivity index (χ2n) is 14.5. The Morgan fingerprint density at radius 3 is 2.45 bits per heavy atom. The summed E-state index contributed by atoms with van der Waals surface area (Å²) in [5, 5.41) is 13.6. The number of carbonyl (C=O) groups is 6. The summed E-state index contributed by atoms with van der Waals surface area (Å²) in [6.45, 7) is -0.0621. The van der Waals surface area contributed by atoms with E-state index in [4.69, 9.17) is 13.9 Å². The number of aromatic nitrogens is 4. The van der Waals surface area contributed by atoms with Gasteiger partial charge < -0.3 is 29.8 Å². The Kier molecular flexibility index (Phi) is 14.0. The number of rotatable bonds is 20. The third-order valence-electron chi connectivity index (χ3n) is 9.96. The summed E-state index contributed by atoms with van der Waals surface area (Å²) in [7, 11) is 0. The molecule has 4 N–H and O–H groups in total. The lowest BCUT2D eigenvalue weighted by Gasteiger charge is -2.27. The minimum Gasteiger partial charge on any atom is -0.444 e. The van der Waals surface area contributed by atoms with Gasteiger partial charge in [-0.25, -0.2) is 23.4 Å². The first-order valence-corrected chi connectivity index (χ1v) is 20.0. The fourth-order valence-electron chi connectivity index (χ4n) is 6.85. The van der Waals surface area contributed by atoms with Crippen molar-refractivity contribution in [2.75, 3.05) is 55.5 Å². The normalized spacial score (nSPS) is 15.0. The highest BCUT2D eigenvalue weighted by Gasteiger charge is 2.45. The number of imide groups is 2. The van der Waals surface area contributed by atoms with Gasteiger partial charge in [0.25, 0.3) is 24.1 Å². The molecule has 18 nitrogen and oxygen atoms in total. The number of fused-ring (bicyclic) bond motifs is 1. The SMILES string of the molecule is O=C1CCC(N2C(=O)c3cccc(NCCOCCOCCCC(=O)c4ccc(-n5cc(NC(=O)c6coc(-c7ccnc(NCC(F)(F)F)c7)n6)c(C(F)F)n5)cc4)c3C2=O)C(=O)N1. The Balaban J connectivity index is 0.818. The second kappa shape index (κ2) is 20.0. The molecule has 2 aromatic carbocycles. The fraction of sp³-hybridized carbons (Fsp3) is 0.310. The van der Waals surface area contributed by atoms with Crippen molar-refractivity contribution in [2.24, 2.45) is 0 Å². The van der Waals surface area contributed by atoms with Crippen LogP contribution in [0.2, 0.25) is 0 Å². The molecule has 2 aliphatic heterocycles. The van der Waals surface area contributed by atoms with Gasteiger partial charge in [0.15, 0.2) is 17.2 Å². The molecule has 5 heterocycles. The summed E-state index contributed by atoms with van der Waals surface area (Å²) in [6, 6.07) is 12.3. The number of hydrogen-bond donors (Lipinski definition) is 4. The van der Waals surface area contributed by atoms with E-state index in [9.17, 15) is 50.7 Å². The number of nitrogens with zero attached hydrogens (tertiary/aromatic N) is 5. The third-order valence-corrected chi connectivity index (χ3v) is 9.96. The highest BCUT2D eigenvalue weighted by Crippen LogP contribution is 2.33. The van der Waals surface area contributed by atoms with E-state index < -0.39 is 60.4 Å². The van der Waals surface area contributed by atoms with E-state index >= 15 is 0 Å². The molecule has 7 rings (SSSR count). The van der Waals surface area contributed by atoms with Gasteiger partial charge in [-0.2, -0.15) is 18.3 Å². The van der Waals surface area contributed by atoms with Gasteiger partial charge in [-0.3, -0.25) is 39.0 Å². The molecule has 1 fully saturated rings. The summed E-state index contributed by atoms with van der Waals surface area (Å²) in [5.41, 5.74) is 0.197. The molecule has 0 spiro atoms. The third kappa shape index (κ3) is 11.0. The standard InChI is InChI=1S/C42H38F5N9O9/c43-36(44)35-28(51-37(59)29-21-65-39(52-29)24-12-13-49-32(19-24)50-22-42(45,46)47)20-55(54-35)25-8-6-23(7-9-25)31(57)5-2-15-63-17-18-64-16-14-48-27-4-1-3-26-34(27)41(62)56(40(26)61)30-10-11-33(58)53-38(30)60/h1,3-4,6-9,12-13,19-21,30,36,48H,2,5,10-11,14-18,22H2,(H,49,50)(H,51,59)(H,53,58,60). The minimum atomic E-state index is -4.49. The molecule has 1 saturated heterocycles. The molecular formula is C42H38F5N9O9. The maximum atomic E-state index is 14.0. The number of carbonyl (C=O) groups excluding carboxylic acids is 6. The Labute approximate surface area is 364 Å². The topological polar surface area (TPSA) is 229 Å². The smallest absolute Gasteiger partial charge is 0.405 e. The van der Waals surface area contributed by atoms with Crippen LogP contribution in [0.1, 0.15) is 79.4 Å². The molecule has 3 aromatic heterocycles. The number of amides is 5. The van der Waals surface area contributed by atoms with Crippen molar-refractivity contribution in [2.45, 2.75) is 44.3 Å². The predicted octanol–water partition coefficient (Wildman–Crippen LogP) is 5.60. The van der Waals surface area contributed by atoms with Crippen LogP contribution in [0, 0.1) is 0 Å². The van der Waals surface area contributed by atoms with Crippen molar-refractivity contribution in [1.82, 2.24) is 30.0 Å². The molecule has 340 valence electrons. The number of ketones is 1. The van der Waals surface area contributed by atoms with Crippen molar-refractivity contribution in [3.8, 4) is 17.1 Å². The molecule has 5 amide bonds. The second-order valence-corrected chi connectivity index (χ2v) is 14.5. The highest BCUT2D eigenvalue weighted by atomic mass is 19.4. The Morgan fingerprint density at radius 2 is 1.71 bits per heavy atom. The average molecular weight is 908 g/mol. The first-order valence-electron chi connectivity index (χ1n) is 20.0. The average Bonchev–Trinajstić information content (AvgIpc) is 4.01.